The number of carbonyl (C=O) groups excluding carboxylic acids is 2. The number of hydrazine groups is 1. The number of nitrogens with one attached hydrogen (secondary N) is 2. The minimum absolute atomic E-state index is 0.163. The molecule has 0 spiro atoms. The highest BCUT2D eigenvalue weighted by Gasteiger charge is 2.28. The summed E-state index contributed by atoms with van der Waals surface area (Å²) in [6.07, 6.45) is 3.45. The van der Waals surface area contributed by atoms with Crippen molar-refractivity contribution in [1.29, 1.82) is 0 Å². The summed E-state index contributed by atoms with van der Waals surface area (Å²) in [7, 11) is -3.22. The predicted octanol–water partition coefficient (Wildman–Crippen LogP) is 2.08. The number of hydrogen-bond acceptors (Lipinski definition) is 5. The second kappa shape index (κ2) is 9.65. The van der Waals surface area contributed by atoms with E-state index in [1.807, 2.05) is 32.0 Å². The van der Waals surface area contributed by atoms with Gasteiger partial charge >= 0.3 is 0 Å². The third kappa shape index (κ3) is 6.08. The Hall–Kier alpha value is -3.33. The van der Waals surface area contributed by atoms with Gasteiger partial charge in [-0.25, -0.2) is 8.42 Å². The van der Waals surface area contributed by atoms with Crippen LogP contribution in [0.5, 0.6) is 5.75 Å². The molecule has 0 atom stereocenters. The van der Waals surface area contributed by atoms with Crippen LogP contribution in [0.1, 0.15) is 23.1 Å². The zero-order valence-electron chi connectivity index (χ0n) is 17.4. The van der Waals surface area contributed by atoms with Gasteiger partial charge in [0, 0.05) is 12.6 Å². The van der Waals surface area contributed by atoms with Crippen LogP contribution < -0.4 is 19.9 Å². The summed E-state index contributed by atoms with van der Waals surface area (Å²) in [6, 6.07) is 12.6. The van der Waals surface area contributed by atoms with E-state index in [4.69, 9.17) is 4.74 Å². The van der Waals surface area contributed by atoms with Gasteiger partial charge in [-0.15, -0.1) is 0 Å². The maximum Gasteiger partial charge on any atom is 0.276 e. The molecule has 2 aromatic rings. The van der Waals surface area contributed by atoms with Crippen molar-refractivity contribution < 1.29 is 22.7 Å². The van der Waals surface area contributed by atoms with Gasteiger partial charge in [0.25, 0.3) is 11.8 Å². The van der Waals surface area contributed by atoms with Crippen LogP contribution in [0.4, 0.5) is 5.69 Å². The van der Waals surface area contributed by atoms with Crippen LogP contribution in [0, 0.1) is 13.8 Å². The Balaban J connectivity index is 1.46. The minimum Gasteiger partial charge on any atom is -0.483 e. The van der Waals surface area contributed by atoms with E-state index in [0.29, 0.717) is 24.4 Å². The Labute approximate surface area is 181 Å². The number of ether oxygens (including phenoxy) is 1. The summed E-state index contributed by atoms with van der Waals surface area (Å²) in [5.74, 6) is -0.215. The van der Waals surface area contributed by atoms with Crippen molar-refractivity contribution in [3.05, 3.63) is 65.2 Å². The van der Waals surface area contributed by atoms with Gasteiger partial charge in [0.15, 0.2) is 6.61 Å². The number of nitrogens with zero attached hydrogens (tertiary/aromatic N) is 1. The van der Waals surface area contributed by atoms with Gasteiger partial charge in [-0.1, -0.05) is 24.3 Å². The van der Waals surface area contributed by atoms with E-state index in [-0.39, 0.29) is 12.4 Å². The highest BCUT2D eigenvalue weighted by atomic mass is 32.2. The number of carbonyl (C=O) groups is 2. The molecule has 0 radical (unpaired) electrons. The van der Waals surface area contributed by atoms with E-state index in [1.165, 1.54) is 10.4 Å². The fourth-order valence-electron chi connectivity index (χ4n) is 3.07. The highest BCUT2D eigenvalue weighted by Crippen LogP contribution is 2.24. The molecule has 0 bridgehead atoms. The van der Waals surface area contributed by atoms with Crippen LogP contribution in [0.25, 0.3) is 6.08 Å². The largest absolute Gasteiger partial charge is 0.483 e. The number of benzene rings is 2. The number of sulfonamides is 1. The first-order valence-corrected chi connectivity index (χ1v) is 11.4. The standard InChI is InChI=1S/C22H25N3O5S/c1-16-4-5-17(2)20(14-16)30-15-22(27)24-23-21(26)11-8-18-6-9-19(10-7-18)25-12-3-13-31(25,28)29/h4-11,14H,3,12-13,15H2,1-2H3,(H,23,26)(H,24,27)/b11-8+. The molecule has 1 aliphatic heterocycles. The molecule has 31 heavy (non-hydrogen) atoms. The molecule has 1 aliphatic rings. The molecule has 9 heteroatoms. The third-order valence-corrected chi connectivity index (χ3v) is 6.60. The number of anilines is 1. The van der Waals surface area contributed by atoms with Gasteiger partial charge in [0.1, 0.15) is 5.75 Å². The SMILES string of the molecule is Cc1ccc(C)c(OCC(=O)NNC(=O)/C=C/c2ccc(N3CCCS3(=O)=O)cc2)c1. The summed E-state index contributed by atoms with van der Waals surface area (Å²) >= 11 is 0. The molecule has 0 saturated carbocycles. The van der Waals surface area contributed by atoms with E-state index in [0.717, 1.165) is 16.7 Å². The smallest absolute Gasteiger partial charge is 0.276 e. The van der Waals surface area contributed by atoms with Gasteiger partial charge in [0.2, 0.25) is 10.0 Å². The normalized spacial score (nSPS) is 15.1. The Morgan fingerprint density at radius 1 is 1.10 bits per heavy atom. The van der Waals surface area contributed by atoms with Crippen LogP contribution in [-0.2, 0) is 19.6 Å². The molecule has 8 nitrogen and oxygen atoms in total. The quantitative estimate of drug-likeness (QED) is 0.525. The lowest BCUT2D eigenvalue weighted by Gasteiger charge is -2.16. The lowest BCUT2D eigenvalue weighted by molar-refractivity contribution is -0.128. The van der Waals surface area contributed by atoms with Crippen molar-refractivity contribution >= 4 is 33.6 Å². The zero-order chi connectivity index (χ0) is 22.4. The molecule has 2 aromatic carbocycles. The fourth-order valence-corrected chi connectivity index (χ4v) is 4.63. The fraction of sp³-hybridized carbons (Fsp3) is 0.273. The second-order valence-electron chi connectivity index (χ2n) is 7.26. The van der Waals surface area contributed by atoms with E-state index in [1.54, 1.807) is 30.3 Å². The first-order chi connectivity index (χ1) is 14.7. The first kappa shape index (κ1) is 22.4. The Bertz CT molecular complexity index is 1090. The van der Waals surface area contributed by atoms with Crippen molar-refractivity contribution in [2.45, 2.75) is 20.3 Å². The molecule has 0 unspecified atom stereocenters. The molecule has 0 aliphatic carbocycles. The van der Waals surface area contributed by atoms with Crippen molar-refractivity contribution in [1.82, 2.24) is 10.9 Å². The molecule has 2 N–H and O–H groups in total. The minimum atomic E-state index is -3.22. The van der Waals surface area contributed by atoms with Gasteiger partial charge < -0.3 is 4.74 Å². The monoisotopic (exact) mass is 443 g/mol. The van der Waals surface area contributed by atoms with Crippen LogP contribution >= 0.6 is 0 Å². The third-order valence-electron chi connectivity index (χ3n) is 4.74. The first-order valence-electron chi connectivity index (χ1n) is 9.82. The average Bonchev–Trinajstić information content (AvgIpc) is 3.10. The second-order valence-corrected chi connectivity index (χ2v) is 9.27. The van der Waals surface area contributed by atoms with Gasteiger partial charge in [0.05, 0.1) is 11.4 Å². The van der Waals surface area contributed by atoms with Gasteiger partial charge in [-0.3, -0.25) is 24.7 Å². The number of hydrogen-bond donors (Lipinski definition) is 2. The maximum absolute atomic E-state index is 12.0. The molecule has 3 rings (SSSR count). The van der Waals surface area contributed by atoms with Crippen molar-refractivity contribution in [2.24, 2.45) is 0 Å². The van der Waals surface area contributed by atoms with Crippen LogP contribution in [0.15, 0.2) is 48.5 Å². The lowest BCUT2D eigenvalue weighted by atomic mass is 10.1. The number of rotatable bonds is 6. The van der Waals surface area contributed by atoms with Crippen LogP contribution in [0.3, 0.4) is 0 Å². The Kier molecular flexibility index (Phi) is 6.96. The van der Waals surface area contributed by atoms with Crippen molar-refractivity contribution in [3.63, 3.8) is 0 Å². The topological polar surface area (TPSA) is 105 Å². The van der Waals surface area contributed by atoms with Crippen molar-refractivity contribution in [2.75, 3.05) is 23.2 Å². The van der Waals surface area contributed by atoms with Gasteiger partial charge in [-0.2, -0.15) is 0 Å². The molecule has 2 amide bonds. The van der Waals surface area contributed by atoms with Crippen LogP contribution in [0.2, 0.25) is 0 Å². The van der Waals surface area contributed by atoms with Crippen LogP contribution in [-0.4, -0.2) is 39.1 Å². The molecule has 164 valence electrons. The summed E-state index contributed by atoms with van der Waals surface area (Å²) in [5.41, 5.74) is 7.85. The van der Waals surface area contributed by atoms with E-state index in [2.05, 4.69) is 10.9 Å². The number of aryl methyl sites for hydroxylation is 2. The molecule has 1 saturated heterocycles. The predicted molar refractivity (Wildman–Crippen MR) is 119 cm³/mol. The highest BCUT2D eigenvalue weighted by molar-refractivity contribution is 7.93. The zero-order valence-corrected chi connectivity index (χ0v) is 18.2. The summed E-state index contributed by atoms with van der Waals surface area (Å²) in [6.45, 7) is 4.07. The van der Waals surface area contributed by atoms with E-state index in [9.17, 15) is 18.0 Å². The average molecular weight is 444 g/mol. The summed E-state index contributed by atoms with van der Waals surface area (Å²) in [4.78, 5) is 23.8. The molecule has 0 aromatic heterocycles. The summed E-state index contributed by atoms with van der Waals surface area (Å²) in [5, 5.41) is 0. The Morgan fingerprint density at radius 2 is 1.84 bits per heavy atom. The lowest BCUT2D eigenvalue weighted by Crippen LogP contribution is -2.43. The van der Waals surface area contributed by atoms with E-state index < -0.39 is 21.8 Å². The maximum atomic E-state index is 12.0. The summed E-state index contributed by atoms with van der Waals surface area (Å²) < 4.78 is 30.8. The Morgan fingerprint density at radius 3 is 2.52 bits per heavy atom. The molecule has 1 fully saturated rings. The van der Waals surface area contributed by atoms with Crippen molar-refractivity contribution in [3.8, 4) is 5.75 Å². The van der Waals surface area contributed by atoms with E-state index >= 15 is 0 Å². The molecule has 1 heterocycles. The number of amides is 2. The molecular weight excluding hydrogens is 418 g/mol. The molecular formula is C22H25N3O5S. The van der Waals surface area contributed by atoms with Gasteiger partial charge in [-0.05, 0) is 61.2 Å².